The van der Waals surface area contributed by atoms with Crippen molar-refractivity contribution in [3.05, 3.63) is 70.2 Å². The van der Waals surface area contributed by atoms with Crippen LogP contribution in [0.1, 0.15) is 26.9 Å². The Hall–Kier alpha value is -1.98. The molecule has 1 N–H and O–H groups in total. The van der Waals surface area contributed by atoms with E-state index in [4.69, 9.17) is 11.6 Å². The number of rotatable bonds is 3. The van der Waals surface area contributed by atoms with Crippen molar-refractivity contribution >= 4 is 35.2 Å². The quantitative estimate of drug-likeness (QED) is 0.916. The van der Waals surface area contributed by atoms with Gasteiger partial charge in [0.2, 0.25) is 5.91 Å². The van der Waals surface area contributed by atoms with Gasteiger partial charge in [0.1, 0.15) is 11.4 Å². The Morgan fingerprint density at radius 2 is 1.96 bits per heavy atom. The first kappa shape index (κ1) is 15.5. The summed E-state index contributed by atoms with van der Waals surface area (Å²) in [5.41, 5.74) is 2.58. The van der Waals surface area contributed by atoms with Crippen molar-refractivity contribution < 1.29 is 9.59 Å². The molecule has 0 spiro atoms. The lowest BCUT2D eigenvalue weighted by Gasteiger charge is -2.22. The molecule has 2 amide bonds. The van der Waals surface area contributed by atoms with Crippen LogP contribution in [0.15, 0.2) is 48.5 Å². The van der Waals surface area contributed by atoms with Gasteiger partial charge in [0.05, 0.1) is 0 Å². The molecule has 0 aromatic heterocycles. The highest BCUT2D eigenvalue weighted by Gasteiger charge is 2.48. The number of carbonyl (C=O) groups excluding carboxylic acids is 2. The van der Waals surface area contributed by atoms with E-state index in [1.54, 1.807) is 22.7 Å². The molecule has 0 bridgehead atoms. The first-order valence-electron chi connectivity index (χ1n) is 7.71. The van der Waals surface area contributed by atoms with Gasteiger partial charge in [-0.15, -0.1) is 11.8 Å². The van der Waals surface area contributed by atoms with E-state index in [9.17, 15) is 9.59 Å². The number of amides is 2. The van der Waals surface area contributed by atoms with Crippen molar-refractivity contribution in [3.63, 3.8) is 0 Å². The normalized spacial score (nSPS) is 21.5. The Morgan fingerprint density at radius 3 is 2.79 bits per heavy atom. The number of hydrogen-bond donors (Lipinski definition) is 1. The van der Waals surface area contributed by atoms with Gasteiger partial charge in [-0.1, -0.05) is 48.0 Å². The molecule has 4 nitrogen and oxygen atoms in total. The van der Waals surface area contributed by atoms with Crippen LogP contribution < -0.4 is 5.32 Å². The highest BCUT2D eigenvalue weighted by atomic mass is 35.5. The van der Waals surface area contributed by atoms with Crippen LogP contribution in [0.4, 0.5) is 0 Å². The van der Waals surface area contributed by atoms with E-state index >= 15 is 0 Å². The molecule has 1 fully saturated rings. The summed E-state index contributed by atoms with van der Waals surface area (Å²) in [7, 11) is 0. The van der Waals surface area contributed by atoms with Gasteiger partial charge in [0, 0.05) is 22.9 Å². The molecule has 2 aliphatic heterocycles. The second kappa shape index (κ2) is 6.15. The molecule has 6 heteroatoms. The van der Waals surface area contributed by atoms with Gasteiger partial charge in [0.25, 0.3) is 5.91 Å². The Bertz CT molecular complexity index is 826. The molecule has 0 aliphatic carbocycles. The van der Waals surface area contributed by atoms with Crippen LogP contribution in [0.25, 0.3) is 0 Å². The summed E-state index contributed by atoms with van der Waals surface area (Å²) in [6, 6.07) is 14.6. The minimum Gasteiger partial charge on any atom is -0.350 e. The molecule has 24 heavy (non-hydrogen) atoms. The summed E-state index contributed by atoms with van der Waals surface area (Å²) in [6.07, 6.45) is 0. The van der Waals surface area contributed by atoms with Crippen LogP contribution in [0.3, 0.4) is 0 Å². The molecular formula is C18H15ClN2O2S. The summed E-state index contributed by atoms with van der Waals surface area (Å²) in [4.78, 5) is 26.9. The minimum atomic E-state index is -0.442. The fraction of sp³-hybridized carbons (Fsp3) is 0.222. The van der Waals surface area contributed by atoms with Crippen LogP contribution in [0.5, 0.6) is 0 Å². The summed E-state index contributed by atoms with van der Waals surface area (Å²) >= 11 is 7.76. The third-order valence-corrected chi connectivity index (χ3v) is 6.08. The van der Waals surface area contributed by atoms with Crippen molar-refractivity contribution in [1.29, 1.82) is 0 Å². The molecule has 2 atom stereocenters. The van der Waals surface area contributed by atoms with Crippen LogP contribution in [0.2, 0.25) is 5.02 Å². The number of thioether (sulfide) groups is 1. The van der Waals surface area contributed by atoms with Crippen LogP contribution in [-0.2, 0) is 11.3 Å². The molecular weight excluding hydrogens is 344 g/mol. The van der Waals surface area contributed by atoms with E-state index in [2.05, 4.69) is 5.32 Å². The summed E-state index contributed by atoms with van der Waals surface area (Å²) in [6.45, 7) is 0.360. The lowest BCUT2D eigenvalue weighted by Crippen LogP contribution is -2.45. The number of nitrogens with zero attached hydrogens (tertiary/aromatic N) is 1. The molecule has 2 aliphatic rings. The minimum absolute atomic E-state index is 0.0511. The largest absolute Gasteiger partial charge is 0.350 e. The van der Waals surface area contributed by atoms with Gasteiger partial charge in [-0.05, 0) is 23.3 Å². The first-order chi connectivity index (χ1) is 11.7. The standard InChI is InChI=1S/C18H15ClN2O2S/c19-14-8-4-1-5-11(14)9-20-16(22)15-10-24-18-13-7-3-2-6-12(13)17(23)21(15)18/h1-8,15,18H,9-10H2,(H,20,22)/t15-,18+/m0/s1. The second-order valence-corrected chi connectivity index (χ2v) is 7.33. The highest BCUT2D eigenvalue weighted by molar-refractivity contribution is 7.99. The number of benzene rings is 2. The van der Waals surface area contributed by atoms with Gasteiger partial charge in [-0.3, -0.25) is 9.59 Å². The third-order valence-electron chi connectivity index (χ3n) is 4.41. The van der Waals surface area contributed by atoms with Crippen molar-refractivity contribution in [2.24, 2.45) is 0 Å². The topological polar surface area (TPSA) is 49.4 Å². The maximum Gasteiger partial charge on any atom is 0.256 e. The number of halogens is 1. The zero-order valence-corrected chi connectivity index (χ0v) is 14.3. The van der Waals surface area contributed by atoms with E-state index in [1.807, 2.05) is 42.5 Å². The van der Waals surface area contributed by atoms with Gasteiger partial charge in [-0.2, -0.15) is 0 Å². The SMILES string of the molecule is O=C(NCc1ccccc1Cl)[C@@H]1CS[C@@H]2c3ccccc3C(=O)N21. The third kappa shape index (κ3) is 2.48. The maximum atomic E-state index is 12.6. The van der Waals surface area contributed by atoms with Crippen LogP contribution in [-0.4, -0.2) is 28.5 Å². The van der Waals surface area contributed by atoms with E-state index < -0.39 is 6.04 Å². The van der Waals surface area contributed by atoms with Crippen molar-refractivity contribution in [1.82, 2.24) is 10.2 Å². The maximum absolute atomic E-state index is 12.6. The highest BCUT2D eigenvalue weighted by Crippen LogP contribution is 2.48. The van der Waals surface area contributed by atoms with E-state index in [-0.39, 0.29) is 17.2 Å². The smallest absolute Gasteiger partial charge is 0.256 e. The molecule has 0 unspecified atom stereocenters. The van der Waals surface area contributed by atoms with Crippen molar-refractivity contribution in [2.75, 3.05) is 5.75 Å². The molecule has 2 aromatic carbocycles. The molecule has 0 saturated carbocycles. The molecule has 4 rings (SSSR count). The Morgan fingerprint density at radius 1 is 1.21 bits per heavy atom. The fourth-order valence-corrected chi connectivity index (χ4v) is 4.85. The molecule has 0 radical (unpaired) electrons. The second-order valence-electron chi connectivity index (χ2n) is 5.81. The fourth-order valence-electron chi connectivity index (χ4n) is 3.18. The average molecular weight is 359 g/mol. The van der Waals surface area contributed by atoms with Crippen LogP contribution in [0, 0.1) is 0 Å². The molecule has 1 saturated heterocycles. The van der Waals surface area contributed by atoms with Crippen LogP contribution >= 0.6 is 23.4 Å². The Labute approximate surface area is 149 Å². The van der Waals surface area contributed by atoms with E-state index in [0.717, 1.165) is 11.1 Å². The van der Waals surface area contributed by atoms with Gasteiger partial charge in [0.15, 0.2) is 0 Å². The Balaban J connectivity index is 1.49. The number of carbonyl (C=O) groups is 2. The zero-order chi connectivity index (χ0) is 16.7. The first-order valence-corrected chi connectivity index (χ1v) is 9.14. The van der Waals surface area contributed by atoms with E-state index in [0.29, 0.717) is 22.9 Å². The molecule has 122 valence electrons. The van der Waals surface area contributed by atoms with Gasteiger partial charge in [-0.25, -0.2) is 0 Å². The number of nitrogens with one attached hydrogen (secondary N) is 1. The molecule has 2 heterocycles. The monoisotopic (exact) mass is 358 g/mol. The lowest BCUT2D eigenvalue weighted by atomic mass is 10.1. The average Bonchev–Trinajstić information content (AvgIpc) is 3.15. The number of fused-ring (bicyclic) bond motifs is 3. The Kier molecular flexibility index (Phi) is 3.98. The lowest BCUT2D eigenvalue weighted by molar-refractivity contribution is -0.124. The van der Waals surface area contributed by atoms with E-state index in [1.165, 1.54) is 0 Å². The zero-order valence-electron chi connectivity index (χ0n) is 12.7. The summed E-state index contributed by atoms with van der Waals surface area (Å²) < 4.78 is 0. The number of hydrogen-bond acceptors (Lipinski definition) is 3. The van der Waals surface area contributed by atoms with Crippen molar-refractivity contribution in [3.8, 4) is 0 Å². The van der Waals surface area contributed by atoms with Crippen molar-refractivity contribution in [2.45, 2.75) is 18.0 Å². The summed E-state index contributed by atoms with van der Waals surface area (Å²) in [5.74, 6) is 0.420. The van der Waals surface area contributed by atoms with Gasteiger partial charge < -0.3 is 10.2 Å². The molecule has 2 aromatic rings. The summed E-state index contributed by atoms with van der Waals surface area (Å²) in [5, 5.41) is 3.49. The predicted octanol–water partition coefficient (Wildman–Crippen LogP) is 3.23. The van der Waals surface area contributed by atoms with Gasteiger partial charge >= 0.3 is 0 Å². The predicted molar refractivity (Wildman–Crippen MR) is 94.9 cm³/mol.